The lowest BCUT2D eigenvalue weighted by molar-refractivity contribution is -0.143. The summed E-state index contributed by atoms with van der Waals surface area (Å²) in [7, 11) is -4.64. The van der Waals surface area contributed by atoms with Crippen molar-refractivity contribution >= 4 is 27.7 Å². The van der Waals surface area contributed by atoms with Crippen molar-refractivity contribution in [3.8, 4) is 0 Å². The molecule has 0 radical (unpaired) electrons. The van der Waals surface area contributed by atoms with Crippen molar-refractivity contribution in [1.82, 2.24) is 9.44 Å². The number of primary amides is 1. The van der Waals surface area contributed by atoms with Crippen LogP contribution in [0.5, 0.6) is 0 Å². The van der Waals surface area contributed by atoms with Gasteiger partial charge in [0, 0.05) is 30.4 Å². The van der Waals surface area contributed by atoms with Gasteiger partial charge in [0.05, 0.1) is 16.7 Å². The molecule has 1 aliphatic rings. The molecule has 1 heterocycles. The highest BCUT2D eigenvalue weighted by molar-refractivity contribution is 7.88. The van der Waals surface area contributed by atoms with E-state index in [4.69, 9.17) is 5.73 Å². The average Bonchev–Trinajstić information content (AvgIpc) is 2.77. The molecule has 1 aliphatic heterocycles. The lowest BCUT2D eigenvalue weighted by atomic mass is 10.0. The minimum absolute atomic E-state index is 0.136. The third kappa shape index (κ3) is 7.13. The fourth-order valence-corrected chi connectivity index (χ4v) is 4.96. The molecule has 0 atom stereocenters. The van der Waals surface area contributed by atoms with Gasteiger partial charge < -0.3 is 10.6 Å². The van der Waals surface area contributed by atoms with Gasteiger partial charge in [0.25, 0.3) is 11.8 Å². The maximum Gasteiger partial charge on any atom is 0.416 e. The van der Waals surface area contributed by atoms with Gasteiger partial charge in [0.2, 0.25) is 0 Å². The van der Waals surface area contributed by atoms with Crippen LogP contribution < -0.4 is 20.1 Å². The number of piperidine rings is 1. The van der Waals surface area contributed by atoms with Crippen LogP contribution in [0, 0.1) is 6.92 Å². The predicted octanol–water partition coefficient (Wildman–Crippen LogP) is 3.36. The zero-order valence-corrected chi connectivity index (χ0v) is 20.0. The minimum atomic E-state index is -5.20. The molecule has 0 aromatic heterocycles. The molecule has 0 bridgehead atoms. The number of amides is 2. The van der Waals surface area contributed by atoms with Crippen LogP contribution in [0.15, 0.2) is 36.4 Å². The van der Waals surface area contributed by atoms with E-state index in [1.165, 1.54) is 4.72 Å². The fraction of sp³-hybridized carbons (Fsp3) is 0.364. The molecule has 1 saturated heterocycles. The number of nitrogens with zero attached hydrogens (tertiary/aromatic N) is 1. The standard InChI is InChI=1S/C22H22F6N4O4S/c1-12-2-3-17(19(29)33)18(8-12)32-6-4-16(5-7-32)30-37(35,36)31-20(34)13-9-14(21(23,24)25)11-15(10-13)22(26,27)28/h2-3,8-11,16,30H,4-7H2,1H3,(H2,29,33)(H,31,34). The van der Waals surface area contributed by atoms with Crippen molar-refractivity contribution in [1.29, 1.82) is 0 Å². The summed E-state index contributed by atoms with van der Waals surface area (Å²) in [5, 5.41) is 0. The molecule has 37 heavy (non-hydrogen) atoms. The highest BCUT2D eigenvalue weighted by atomic mass is 32.2. The fourth-order valence-electron chi connectivity index (χ4n) is 3.87. The Morgan fingerprint density at radius 3 is 1.97 bits per heavy atom. The second-order valence-electron chi connectivity index (χ2n) is 8.49. The molecule has 0 aliphatic carbocycles. The topological polar surface area (TPSA) is 122 Å². The van der Waals surface area contributed by atoms with E-state index in [-0.39, 0.29) is 36.6 Å². The van der Waals surface area contributed by atoms with Crippen molar-refractivity contribution in [2.75, 3.05) is 18.0 Å². The second-order valence-corrected chi connectivity index (χ2v) is 9.94. The molecule has 1 fully saturated rings. The minimum Gasteiger partial charge on any atom is -0.371 e. The second kappa shape index (κ2) is 10.2. The van der Waals surface area contributed by atoms with Gasteiger partial charge in [-0.3, -0.25) is 9.59 Å². The average molecular weight is 552 g/mol. The number of carbonyl (C=O) groups excluding carboxylic acids is 2. The van der Waals surface area contributed by atoms with Crippen LogP contribution in [0.4, 0.5) is 32.0 Å². The van der Waals surface area contributed by atoms with Crippen LogP contribution >= 0.6 is 0 Å². The molecule has 3 rings (SSSR count). The molecule has 0 spiro atoms. The first-order valence-corrected chi connectivity index (χ1v) is 12.2. The van der Waals surface area contributed by atoms with Gasteiger partial charge in [-0.25, -0.2) is 4.72 Å². The van der Waals surface area contributed by atoms with Crippen LogP contribution in [0.1, 0.15) is 50.2 Å². The zero-order valence-electron chi connectivity index (χ0n) is 19.2. The Hall–Kier alpha value is -3.33. The quantitative estimate of drug-likeness (QED) is 0.475. The predicted molar refractivity (Wildman–Crippen MR) is 121 cm³/mol. The summed E-state index contributed by atoms with van der Waals surface area (Å²) in [6, 6.07) is 4.46. The van der Waals surface area contributed by atoms with E-state index in [0.717, 1.165) is 5.56 Å². The Labute approximate surface area is 208 Å². The summed E-state index contributed by atoms with van der Waals surface area (Å²) in [5.41, 5.74) is 2.52. The van der Waals surface area contributed by atoms with Gasteiger partial charge in [0.1, 0.15) is 0 Å². The van der Waals surface area contributed by atoms with E-state index in [1.807, 2.05) is 11.8 Å². The SMILES string of the molecule is Cc1ccc(C(N)=O)c(N2CCC(NS(=O)(=O)NC(=O)c3cc(C(F)(F)F)cc(C(F)(F)F)c3)CC2)c1. The van der Waals surface area contributed by atoms with E-state index in [2.05, 4.69) is 4.72 Å². The smallest absolute Gasteiger partial charge is 0.371 e. The van der Waals surface area contributed by atoms with Gasteiger partial charge in [0.15, 0.2) is 0 Å². The van der Waals surface area contributed by atoms with Gasteiger partial charge in [-0.2, -0.15) is 39.5 Å². The van der Waals surface area contributed by atoms with Gasteiger partial charge in [-0.05, 0) is 55.7 Å². The van der Waals surface area contributed by atoms with Crippen LogP contribution in [-0.2, 0) is 22.6 Å². The van der Waals surface area contributed by atoms with Crippen molar-refractivity contribution < 1.29 is 44.3 Å². The van der Waals surface area contributed by atoms with Crippen LogP contribution in [0.25, 0.3) is 0 Å². The number of aryl methyl sites for hydroxylation is 1. The number of halogens is 6. The largest absolute Gasteiger partial charge is 0.416 e. The third-order valence-corrected chi connectivity index (χ3v) is 6.75. The van der Waals surface area contributed by atoms with Crippen LogP contribution in [0.3, 0.4) is 0 Å². The molecule has 2 aromatic carbocycles. The molecule has 202 valence electrons. The first-order valence-electron chi connectivity index (χ1n) is 10.8. The molecule has 8 nitrogen and oxygen atoms in total. The summed E-state index contributed by atoms with van der Waals surface area (Å²) in [6.45, 7) is 2.42. The Balaban J connectivity index is 1.70. The maximum absolute atomic E-state index is 13.0. The van der Waals surface area contributed by atoms with Crippen LogP contribution in [0.2, 0.25) is 0 Å². The lowest BCUT2D eigenvalue weighted by Gasteiger charge is -2.34. The van der Waals surface area contributed by atoms with E-state index >= 15 is 0 Å². The number of anilines is 1. The molecule has 2 amide bonds. The molecule has 0 saturated carbocycles. The van der Waals surface area contributed by atoms with Gasteiger partial charge in [-0.15, -0.1) is 0 Å². The molecule has 15 heteroatoms. The number of carbonyl (C=O) groups is 2. The molecule has 0 unspecified atom stereocenters. The third-order valence-electron chi connectivity index (χ3n) is 5.65. The maximum atomic E-state index is 13.0. The Morgan fingerprint density at radius 1 is 0.946 bits per heavy atom. The van der Waals surface area contributed by atoms with Gasteiger partial charge >= 0.3 is 22.6 Å². The van der Waals surface area contributed by atoms with Crippen LogP contribution in [-0.4, -0.2) is 39.4 Å². The van der Waals surface area contributed by atoms with E-state index in [0.29, 0.717) is 18.8 Å². The van der Waals surface area contributed by atoms with Gasteiger partial charge in [-0.1, -0.05) is 6.07 Å². The first-order chi connectivity index (χ1) is 17.0. The summed E-state index contributed by atoms with van der Waals surface area (Å²) >= 11 is 0. The molecular formula is C22H22F6N4O4S. The lowest BCUT2D eigenvalue weighted by Crippen LogP contribution is -2.49. The highest BCUT2D eigenvalue weighted by Crippen LogP contribution is 2.36. The first kappa shape index (κ1) is 28.2. The molecule has 2 aromatic rings. The van der Waals surface area contributed by atoms with Crippen molar-refractivity contribution in [3.63, 3.8) is 0 Å². The number of hydrogen-bond acceptors (Lipinski definition) is 5. The number of hydrogen-bond donors (Lipinski definition) is 3. The number of nitrogens with two attached hydrogens (primary N) is 1. The molecule has 4 N–H and O–H groups in total. The number of nitrogens with one attached hydrogen (secondary N) is 2. The summed E-state index contributed by atoms with van der Waals surface area (Å²) in [4.78, 5) is 25.9. The summed E-state index contributed by atoms with van der Waals surface area (Å²) in [6.07, 6.45) is -9.95. The Kier molecular flexibility index (Phi) is 7.79. The number of benzene rings is 2. The number of alkyl halides is 6. The summed E-state index contributed by atoms with van der Waals surface area (Å²) < 4.78 is 107. The van der Waals surface area contributed by atoms with Crippen molar-refractivity contribution in [2.45, 2.75) is 38.2 Å². The zero-order chi connectivity index (χ0) is 27.8. The van der Waals surface area contributed by atoms with Crippen molar-refractivity contribution in [2.24, 2.45) is 5.73 Å². The normalized spacial score (nSPS) is 15.5. The van der Waals surface area contributed by atoms with Crippen molar-refractivity contribution in [3.05, 3.63) is 64.2 Å². The summed E-state index contributed by atoms with van der Waals surface area (Å²) in [5.74, 6) is -2.30. The van der Waals surface area contributed by atoms with E-state index in [9.17, 15) is 44.3 Å². The van der Waals surface area contributed by atoms with E-state index in [1.54, 1.807) is 18.2 Å². The monoisotopic (exact) mass is 552 g/mol. The Bertz CT molecular complexity index is 1270. The Morgan fingerprint density at radius 2 is 1.49 bits per heavy atom. The van der Waals surface area contributed by atoms with E-state index < -0.39 is 57.1 Å². The highest BCUT2D eigenvalue weighted by Gasteiger charge is 2.38. The molecular weight excluding hydrogens is 530 g/mol. The number of rotatable bonds is 6.